The summed E-state index contributed by atoms with van der Waals surface area (Å²) < 4.78 is 5.89. The molecule has 0 saturated heterocycles. The van der Waals surface area contributed by atoms with Crippen molar-refractivity contribution in [1.29, 1.82) is 0 Å². The Labute approximate surface area is 92.5 Å². The lowest BCUT2D eigenvalue weighted by Gasteiger charge is -2.12. The molecule has 0 aromatic carbocycles. The SMILES string of the molecule is COc1cc(C(=O)O)n(CC(C)C)c(=O)n1. The highest BCUT2D eigenvalue weighted by molar-refractivity contribution is 5.85. The lowest BCUT2D eigenvalue weighted by Crippen LogP contribution is -2.30. The van der Waals surface area contributed by atoms with Crippen LogP contribution in [0.25, 0.3) is 0 Å². The van der Waals surface area contributed by atoms with Crippen molar-refractivity contribution in [3.05, 3.63) is 22.2 Å². The van der Waals surface area contributed by atoms with E-state index in [1.165, 1.54) is 13.2 Å². The molecule has 1 aromatic rings. The van der Waals surface area contributed by atoms with Gasteiger partial charge < -0.3 is 9.84 Å². The second-order valence-electron chi connectivity index (χ2n) is 3.78. The van der Waals surface area contributed by atoms with Crippen LogP contribution in [0.1, 0.15) is 24.3 Å². The molecule has 0 spiro atoms. The number of ether oxygens (including phenoxy) is 1. The van der Waals surface area contributed by atoms with Gasteiger partial charge in [0.25, 0.3) is 0 Å². The minimum absolute atomic E-state index is 0.0161. The van der Waals surface area contributed by atoms with Gasteiger partial charge in [-0.15, -0.1) is 0 Å². The molecule has 88 valence electrons. The highest BCUT2D eigenvalue weighted by Crippen LogP contribution is 2.08. The first-order chi connectivity index (χ1) is 7.45. The van der Waals surface area contributed by atoms with Gasteiger partial charge in [-0.1, -0.05) is 13.8 Å². The molecule has 0 unspecified atom stereocenters. The van der Waals surface area contributed by atoms with Crippen LogP contribution in [0.15, 0.2) is 10.9 Å². The molecule has 0 aliphatic carbocycles. The van der Waals surface area contributed by atoms with E-state index in [0.717, 1.165) is 4.57 Å². The Hall–Kier alpha value is -1.85. The van der Waals surface area contributed by atoms with Gasteiger partial charge in [0.2, 0.25) is 5.88 Å². The highest BCUT2D eigenvalue weighted by Gasteiger charge is 2.15. The van der Waals surface area contributed by atoms with Crippen LogP contribution in [0.4, 0.5) is 0 Å². The Balaban J connectivity index is 3.34. The van der Waals surface area contributed by atoms with Gasteiger partial charge >= 0.3 is 11.7 Å². The molecule has 6 heteroatoms. The predicted molar refractivity (Wildman–Crippen MR) is 56.8 cm³/mol. The third-order valence-corrected chi connectivity index (χ3v) is 1.96. The van der Waals surface area contributed by atoms with Gasteiger partial charge in [0.15, 0.2) is 0 Å². The largest absolute Gasteiger partial charge is 0.481 e. The Kier molecular flexibility index (Phi) is 3.65. The van der Waals surface area contributed by atoms with Gasteiger partial charge in [-0.05, 0) is 5.92 Å². The Morgan fingerprint density at radius 1 is 1.62 bits per heavy atom. The first-order valence-corrected chi connectivity index (χ1v) is 4.85. The molecule has 1 aromatic heterocycles. The molecular weight excluding hydrogens is 212 g/mol. The van der Waals surface area contributed by atoms with Crippen molar-refractivity contribution in [2.45, 2.75) is 20.4 Å². The fourth-order valence-electron chi connectivity index (χ4n) is 1.31. The lowest BCUT2D eigenvalue weighted by molar-refractivity contribution is 0.0681. The van der Waals surface area contributed by atoms with Crippen molar-refractivity contribution < 1.29 is 14.6 Å². The number of carbonyl (C=O) groups is 1. The first kappa shape index (κ1) is 12.2. The van der Waals surface area contributed by atoms with Crippen LogP contribution in [0.3, 0.4) is 0 Å². The average molecular weight is 226 g/mol. The number of hydrogen-bond acceptors (Lipinski definition) is 4. The normalized spacial score (nSPS) is 10.5. The summed E-state index contributed by atoms with van der Waals surface area (Å²) in [5.74, 6) is -0.994. The smallest absolute Gasteiger partial charge is 0.352 e. The standard InChI is InChI=1S/C10H14N2O4/c1-6(2)5-12-7(9(13)14)4-8(16-3)11-10(12)15/h4,6H,5H2,1-3H3,(H,13,14). The van der Waals surface area contributed by atoms with E-state index in [1.54, 1.807) is 0 Å². The zero-order chi connectivity index (χ0) is 12.3. The summed E-state index contributed by atoms with van der Waals surface area (Å²) in [6, 6.07) is 1.24. The molecular formula is C10H14N2O4. The molecule has 0 bridgehead atoms. The summed E-state index contributed by atoms with van der Waals surface area (Å²) in [4.78, 5) is 26.2. The lowest BCUT2D eigenvalue weighted by atomic mass is 10.2. The van der Waals surface area contributed by atoms with Gasteiger partial charge in [-0.25, -0.2) is 9.59 Å². The van der Waals surface area contributed by atoms with Crippen LogP contribution in [-0.2, 0) is 6.54 Å². The van der Waals surface area contributed by atoms with Gasteiger partial charge in [0, 0.05) is 12.6 Å². The molecule has 0 amide bonds. The second kappa shape index (κ2) is 4.78. The fourth-order valence-corrected chi connectivity index (χ4v) is 1.31. The molecule has 1 heterocycles. The maximum Gasteiger partial charge on any atom is 0.352 e. The van der Waals surface area contributed by atoms with Crippen molar-refractivity contribution in [1.82, 2.24) is 9.55 Å². The third-order valence-electron chi connectivity index (χ3n) is 1.96. The Morgan fingerprint density at radius 2 is 2.25 bits per heavy atom. The first-order valence-electron chi connectivity index (χ1n) is 4.85. The summed E-state index contributed by atoms with van der Waals surface area (Å²) in [6.45, 7) is 4.10. The highest BCUT2D eigenvalue weighted by atomic mass is 16.5. The summed E-state index contributed by atoms with van der Waals surface area (Å²) in [6.07, 6.45) is 0. The van der Waals surface area contributed by atoms with E-state index in [0.29, 0.717) is 6.54 Å². The number of carboxylic acid groups (broad SMARTS) is 1. The maximum absolute atomic E-state index is 11.6. The monoisotopic (exact) mass is 226 g/mol. The van der Waals surface area contributed by atoms with Crippen molar-refractivity contribution in [2.75, 3.05) is 7.11 Å². The van der Waals surface area contributed by atoms with Gasteiger partial charge in [-0.3, -0.25) is 4.57 Å². The van der Waals surface area contributed by atoms with E-state index in [-0.39, 0.29) is 17.5 Å². The Morgan fingerprint density at radius 3 is 2.69 bits per heavy atom. The molecule has 1 rings (SSSR count). The zero-order valence-corrected chi connectivity index (χ0v) is 9.43. The number of hydrogen-bond donors (Lipinski definition) is 1. The number of aromatic carboxylic acids is 1. The van der Waals surface area contributed by atoms with E-state index >= 15 is 0 Å². The topological polar surface area (TPSA) is 81.4 Å². The summed E-state index contributed by atoms with van der Waals surface area (Å²) in [7, 11) is 1.33. The second-order valence-corrected chi connectivity index (χ2v) is 3.78. The van der Waals surface area contributed by atoms with Crippen LogP contribution in [0, 0.1) is 5.92 Å². The van der Waals surface area contributed by atoms with E-state index in [2.05, 4.69) is 4.98 Å². The molecule has 0 aliphatic rings. The van der Waals surface area contributed by atoms with Crippen molar-refractivity contribution in [3.8, 4) is 5.88 Å². The fraction of sp³-hybridized carbons (Fsp3) is 0.500. The van der Waals surface area contributed by atoms with E-state index in [1.807, 2.05) is 13.8 Å². The van der Waals surface area contributed by atoms with Crippen molar-refractivity contribution in [2.24, 2.45) is 5.92 Å². The molecule has 6 nitrogen and oxygen atoms in total. The summed E-state index contributed by atoms with van der Waals surface area (Å²) in [5, 5.41) is 8.98. The van der Waals surface area contributed by atoms with E-state index in [4.69, 9.17) is 9.84 Å². The number of rotatable bonds is 4. The summed E-state index contributed by atoms with van der Waals surface area (Å²) in [5.41, 5.74) is -0.712. The van der Waals surface area contributed by atoms with Crippen molar-refractivity contribution in [3.63, 3.8) is 0 Å². The van der Waals surface area contributed by atoms with Crippen molar-refractivity contribution >= 4 is 5.97 Å². The predicted octanol–water partition coefficient (Wildman–Crippen LogP) is 0.606. The zero-order valence-electron chi connectivity index (χ0n) is 9.43. The maximum atomic E-state index is 11.6. The third kappa shape index (κ3) is 2.59. The Bertz CT molecular complexity index is 451. The summed E-state index contributed by atoms with van der Waals surface area (Å²) >= 11 is 0. The van der Waals surface area contributed by atoms with Crippen LogP contribution in [0.2, 0.25) is 0 Å². The van der Waals surface area contributed by atoms with Gasteiger partial charge in [0.1, 0.15) is 5.69 Å². The van der Waals surface area contributed by atoms with Gasteiger partial charge in [0.05, 0.1) is 7.11 Å². The molecule has 1 N–H and O–H groups in total. The molecule has 0 aliphatic heterocycles. The average Bonchev–Trinajstić information content (AvgIpc) is 2.19. The van der Waals surface area contributed by atoms with Crippen LogP contribution in [0.5, 0.6) is 5.88 Å². The number of methoxy groups -OCH3 is 1. The minimum atomic E-state index is -1.17. The van der Waals surface area contributed by atoms with Crippen LogP contribution >= 0.6 is 0 Å². The molecule has 0 fully saturated rings. The molecule has 0 radical (unpaired) electrons. The van der Waals surface area contributed by atoms with E-state index in [9.17, 15) is 9.59 Å². The molecule has 16 heavy (non-hydrogen) atoms. The molecule has 0 saturated carbocycles. The number of carboxylic acids is 1. The van der Waals surface area contributed by atoms with Crippen LogP contribution in [-0.4, -0.2) is 27.7 Å². The number of aromatic nitrogens is 2. The van der Waals surface area contributed by atoms with Gasteiger partial charge in [-0.2, -0.15) is 4.98 Å². The minimum Gasteiger partial charge on any atom is -0.481 e. The van der Waals surface area contributed by atoms with E-state index < -0.39 is 11.7 Å². The van der Waals surface area contributed by atoms with Crippen LogP contribution < -0.4 is 10.4 Å². The molecule has 0 atom stereocenters. The quantitative estimate of drug-likeness (QED) is 0.813. The number of nitrogens with zero attached hydrogens (tertiary/aromatic N) is 2.